The summed E-state index contributed by atoms with van der Waals surface area (Å²) in [6.45, 7) is 6.66. The van der Waals surface area contributed by atoms with Crippen LogP contribution in [0.1, 0.15) is 60.5 Å². The van der Waals surface area contributed by atoms with E-state index in [1.165, 1.54) is 11.3 Å². The zero-order valence-electron chi connectivity index (χ0n) is 21.5. The van der Waals surface area contributed by atoms with Gasteiger partial charge >= 0.3 is 0 Å². The van der Waals surface area contributed by atoms with E-state index in [1.54, 1.807) is 7.11 Å². The number of carbonyl (C=O) groups excluding carboxylic acids is 1. The number of aromatic hydroxyl groups is 1. The van der Waals surface area contributed by atoms with Gasteiger partial charge in [-0.05, 0) is 55.7 Å². The van der Waals surface area contributed by atoms with Gasteiger partial charge in [0.05, 0.1) is 7.11 Å². The van der Waals surface area contributed by atoms with Gasteiger partial charge in [0.1, 0.15) is 16.4 Å². The predicted molar refractivity (Wildman–Crippen MR) is 148 cm³/mol. The SMILES string of the molecule is CCCC(CCC)N(Cc1cc(-c2ccc(C)nc2)ccc1OC)C(=O)c1sc2ccccc2c1O. The summed E-state index contributed by atoms with van der Waals surface area (Å²) in [5.41, 5.74) is 3.94. The second kappa shape index (κ2) is 11.6. The molecule has 1 amide bonds. The van der Waals surface area contributed by atoms with E-state index in [-0.39, 0.29) is 17.7 Å². The molecule has 4 rings (SSSR count). The molecule has 36 heavy (non-hydrogen) atoms. The number of benzene rings is 2. The van der Waals surface area contributed by atoms with Crippen molar-refractivity contribution in [2.24, 2.45) is 0 Å². The monoisotopic (exact) mass is 502 g/mol. The van der Waals surface area contributed by atoms with Crippen LogP contribution in [0.2, 0.25) is 0 Å². The molecule has 0 atom stereocenters. The number of rotatable bonds is 10. The number of amides is 1. The van der Waals surface area contributed by atoms with Gasteiger partial charge in [0.2, 0.25) is 0 Å². The average Bonchev–Trinajstić information content (AvgIpc) is 3.23. The minimum absolute atomic E-state index is 0.0616. The highest BCUT2D eigenvalue weighted by atomic mass is 32.1. The topological polar surface area (TPSA) is 62.7 Å². The fraction of sp³-hybridized carbons (Fsp3) is 0.333. The van der Waals surface area contributed by atoms with Crippen LogP contribution in [0.25, 0.3) is 21.2 Å². The van der Waals surface area contributed by atoms with Crippen LogP contribution in [0.4, 0.5) is 0 Å². The van der Waals surface area contributed by atoms with Crippen LogP contribution < -0.4 is 4.74 Å². The lowest BCUT2D eigenvalue weighted by Gasteiger charge is -2.32. The van der Waals surface area contributed by atoms with E-state index in [0.29, 0.717) is 11.4 Å². The highest BCUT2D eigenvalue weighted by Gasteiger charge is 2.29. The van der Waals surface area contributed by atoms with Crippen LogP contribution in [0.5, 0.6) is 11.5 Å². The van der Waals surface area contributed by atoms with Crippen molar-refractivity contribution in [3.8, 4) is 22.6 Å². The maximum absolute atomic E-state index is 14.0. The molecule has 0 aliphatic rings. The molecule has 0 saturated heterocycles. The Bertz CT molecular complexity index is 1320. The van der Waals surface area contributed by atoms with Gasteiger partial charge in [0.25, 0.3) is 5.91 Å². The second-order valence-corrected chi connectivity index (χ2v) is 10.2. The number of aromatic nitrogens is 1. The number of fused-ring (bicyclic) bond motifs is 1. The number of aryl methyl sites for hydroxylation is 1. The van der Waals surface area contributed by atoms with Gasteiger partial charge < -0.3 is 14.7 Å². The van der Waals surface area contributed by atoms with Gasteiger partial charge in [-0.2, -0.15) is 0 Å². The molecule has 0 aliphatic heterocycles. The summed E-state index contributed by atoms with van der Waals surface area (Å²) in [7, 11) is 1.66. The van der Waals surface area contributed by atoms with Gasteiger partial charge in [-0.25, -0.2) is 0 Å². The molecule has 2 aromatic heterocycles. The molecule has 0 unspecified atom stereocenters. The van der Waals surface area contributed by atoms with Crippen LogP contribution in [-0.4, -0.2) is 34.0 Å². The van der Waals surface area contributed by atoms with Crippen molar-refractivity contribution in [3.05, 3.63) is 76.9 Å². The van der Waals surface area contributed by atoms with Gasteiger partial charge in [0, 0.05) is 45.7 Å². The predicted octanol–water partition coefficient (Wildman–Crippen LogP) is 7.60. The Morgan fingerprint density at radius 1 is 1.06 bits per heavy atom. The maximum atomic E-state index is 14.0. The maximum Gasteiger partial charge on any atom is 0.268 e. The highest BCUT2D eigenvalue weighted by Crippen LogP contribution is 2.39. The first-order valence-electron chi connectivity index (χ1n) is 12.6. The molecule has 0 bridgehead atoms. The summed E-state index contributed by atoms with van der Waals surface area (Å²) in [6, 6.07) is 17.8. The number of hydrogen-bond donors (Lipinski definition) is 1. The Hall–Kier alpha value is -3.38. The van der Waals surface area contributed by atoms with E-state index in [4.69, 9.17) is 4.74 Å². The van der Waals surface area contributed by atoms with Crippen molar-refractivity contribution >= 4 is 27.3 Å². The van der Waals surface area contributed by atoms with Crippen molar-refractivity contribution < 1.29 is 14.6 Å². The summed E-state index contributed by atoms with van der Waals surface area (Å²) in [5, 5.41) is 11.7. The average molecular weight is 503 g/mol. The highest BCUT2D eigenvalue weighted by molar-refractivity contribution is 7.21. The van der Waals surface area contributed by atoms with Crippen LogP contribution in [-0.2, 0) is 6.54 Å². The fourth-order valence-corrected chi connectivity index (χ4v) is 5.75. The summed E-state index contributed by atoms with van der Waals surface area (Å²) in [6.07, 6.45) is 5.61. The van der Waals surface area contributed by atoms with Crippen LogP contribution in [0.15, 0.2) is 60.8 Å². The number of nitrogens with zero attached hydrogens (tertiary/aromatic N) is 2. The third kappa shape index (κ3) is 5.39. The van der Waals surface area contributed by atoms with Crippen LogP contribution in [0.3, 0.4) is 0 Å². The summed E-state index contributed by atoms with van der Waals surface area (Å²) >= 11 is 1.36. The minimum atomic E-state index is -0.134. The number of ether oxygens (including phenoxy) is 1. The van der Waals surface area contributed by atoms with Crippen LogP contribution in [0, 0.1) is 6.92 Å². The van der Waals surface area contributed by atoms with Gasteiger partial charge in [-0.1, -0.05) is 51.0 Å². The molecule has 4 aromatic rings. The first kappa shape index (κ1) is 25.7. The lowest BCUT2D eigenvalue weighted by molar-refractivity contribution is 0.0638. The third-order valence-electron chi connectivity index (χ3n) is 6.57. The smallest absolute Gasteiger partial charge is 0.268 e. The molecule has 5 nitrogen and oxygen atoms in total. The molecule has 2 aromatic carbocycles. The number of pyridine rings is 1. The lowest BCUT2D eigenvalue weighted by Crippen LogP contribution is -2.39. The van der Waals surface area contributed by atoms with E-state index in [0.717, 1.165) is 63.9 Å². The van der Waals surface area contributed by atoms with Crippen molar-refractivity contribution in [3.63, 3.8) is 0 Å². The molecule has 0 spiro atoms. The van der Waals surface area contributed by atoms with Crippen molar-refractivity contribution in [1.82, 2.24) is 9.88 Å². The molecular formula is C30H34N2O3S. The molecular weight excluding hydrogens is 468 g/mol. The first-order valence-corrected chi connectivity index (χ1v) is 13.4. The first-order chi connectivity index (χ1) is 17.5. The molecule has 0 aliphatic carbocycles. The van der Waals surface area contributed by atoms with Crippen molar-refractivity contribution in [2.45, 2.75) is 59.0 Å². The molecule has 0 saturated carbocycles. The summed E-state index contributed by atoms with van der Waals surface area (Å²) in [5.74, 6) is 0.679. The van der Waals surface area contributed by atoms with Gasteiger partial charge in [-0.3, -0.25) is 9.78 Å². The largest absolute Gasteiger partial charge is 0.506 e. The minimum Gasteiger partial charge on any atom is -0.506 e. The fourth-order valence-electron chi connectivity index (χ4n) is 4.70. The third-order valence-corrected chi connectivity index (χ3v) is 7.72. The van der Waals surface area contributed by atoms with E-state index in [1.807, 2.05) is 60.5 Å². The van der Waals surface area contributed by atoms with Crippen LogP contribution >= 0.6 is 11.3 Å². The molecule has 188 valence electrons. The Balaban J connectivity index is 1.77. The molecule has 6 heteroatoms. The van der Waals surface area contributed by atoms with E-state index in [9.17, 15) is 9.90 Å². The lowest BCUT2D eigenvalue weighted by atomic mass is 10.0. The quantitative estimate of drug-likeness (QED) is 0.243. The van der Waals surface area contributed by atoms with Gasteiger partial charge in [0.15, 0.2) is 0 Å². The van der Waals surface area contributed by atoms with E-state index in [2.05, 4.69) is 31.0 Å². The Morgan fingerprint density at radius 2 is 1.78 bits per heavy atom. The number of carbonyl (C=O) groups is 1. The van der Waals surface area contributed by atoms with E-state index < -0.39 is 0 Å². The second-order valence-electron chi connectivity index (χ2n) is 9.16. The molecule has 0 radical (unpaired) electrons. The summed E-state index contributed by atoms with van der Waals surface area (Å²) < 4.78 is 6.62. The Labute approximate surface area is 217 Å². The zero-order valence-corrected chi connectivity index (χ0v) is 22.3. The number of hydrogen-bond acceptors (Lipinski definition) is 5. The van der Waals surface area contributed by atoms with Gasteiger partial charge in [-0.15, -0.1) is 11.3 Å². The molecule has 1 N–H and O–H groups in total. The number of methoxy groups -OCH3 is 1. The molecule has 2 heterocycles. The standard InChI is InChI=1S/C30H34N2O3S/c1-5-9-24(10-6-2)32(30(34)29-28(33)25-11-7-8-12-27(25)36-29)19-23-17-21(15-16-26(23)35-4)22-14-13-20(3)31-18-22/h7-8,11-18,24,33H,5-6,9-10,19H2,1-4H3. The molecule has 0 fully saturated rings. The van der Waals surface area contributed by atoms with Crippen molar-refractivity contribution in [1.29, 1.82) is 0 Å². The zero-order chi connectivity index (χ0) is 25.7. The summed E-state index contributed by atoms with van der Waals surface area (Å²) in [4.78, 5) is 20.8. The van der Waals surface area contributed by atoms with Crippen molar-refractivity contribution in [2.75, 3.05) is 7.11 Å². The normalized spacial score (nSPS) is 11.2. The number of thiophene rings is 1. The van der Waals surface area contributed by atoms with E-state index >= 15 is 0 Å². The Morgan fingerprint density at radius 3 is 2.42 bits per heavy atom. The Kier molecular flexibility index (Phi) is 8.26.